The molecule has 1 aliphatic rings. The molecule has 0 atom stereocenters. The van der Waals surface area contributed by atoms with Crippen LogP contribution in [0.3, 0.4) is 0 Å². The summed E-state index contributed by atoms with van der Waals surface area (Å²) in [6, 6.07) is 7.01. The van der Waals surface area contributed by atoms with Crippen molar-refractivity contribution in [2.45, 2.75) is 45.3 Å². The van der Waals surface area contributed by atoms with Gasteiger partial charge in [-0.1, -0.05) is 16.8 Å². The van der Waals surface area contributed by atoms with Crippen molar-refractivity contribution in [1.29, 1.82) is 0 Å². The Kier molecular flexibility index (Phi) is 9.40. The van der Waals surface area contributed by atoms with E-state index in [1.54, 1.807) is 18.2 Å². The molecule has 2 amide bonds. The van der Waals surface area contributed by atoms with Gasteiger partial charge < -0.3 is 20.1 Å². The minimum absolute atomic E-state index is 0.0109. The Hall–Kier alpha value is -2.82. The maximum Gasteiger partial charge on any atom is 0.397 e. The molecule has 4 heterocycles. The molecule has 39 heavy (non-hydrogen) atoms. The summed E-state index contributed by atoms with van der Waals surface area (Å²) in [7, 11) is -4.64. The highest BCUT2D eigenvalue weighted by Gasteiger charge is 2.25. The van der Waals surface area contributed by atoms with Crippen LogP contribution in [-0.4, -0.2) is 82.9 Å². The standard InChI is InChI=1S/C23H29ClN6O7S2/c1-14(2)29-8-5-15(6-9-29)26-22(31)17-12-18(23(32)25-7-10-36-39(33,34)35)30(27-17)13-16-11-19(37-28-16)20-3-4-21(24)38-20/h3-4,11-12,14-15H,5-10,13H2,1-2H3,(H,25,32)(H,26,31)(H,33,34,35). The van der Waals surface area contributed by atoms with Gasteiger partial charge in [0, 0.05) is 43.9 Å². The van der Waals surface area contributed by atoms with Crippen molar-refractivity contribution >= 4 is 45.2 Å². The molecule has 0 bridgehead atoms. The van der Waals surface area contributed by atoms with Crippen LogP contribution in [0.2, 0.25) is 4.34 Å². The summed E-state index contributed by atoms with van der Waals surface area (Å²) in [5.41, 5.74) is 0.550. The van der Waals surface area contributed by atoms with Crippen LogP contribution in [0.15, 0.2) is 28.8 Å². The number of carbonyl (C=O) groups excluding carboxylic acids is 2. The van der Waals surface area contributed by atoms with Gasteiger partial charge in [-0.15, -0.1) is 11.3 Å². The summed E-state index contributed by atoms with van der Waals surface area (Å²) < 4.78 is 41.7. The Morgan fingerprint density at radius 1 is 1.26 bits per heavy atom. The van der Waals surface area contributed by atoms with Gasteiger partial charge in [-0.05, 0) is 38.8 Å². The van der Waals surface area contributed by atoms with Gasteiger partial charge in [0.15, 0.2) is 11.5 Å². The number of carbonyl (C=O) groups is 2. The maximum atomic E-state index is 13.0. The number of hydrogen-bond acceptors (Lipinski definition) is 10. The molecule has 0 radical (unpaired) electrons. The summed E-state index contributed by atoms with van der Waals surface area (Å²) in [6.07, 6.45) is 1.61. The van der Waals surface area contributed by atoms with Crippen LogP contribution in [-0.2, 0) is 21.1 Å². The van der Waals surface area contributed by atoms with Crippen molar-refractivity contribution in [1.82, 2.24) is 30.5 Å². The predicted molar refractivity (Wildman–Crippen MR) is 143 cm³/mol. The Morgan fingerprint density at radius 2 is 2.00 bits per heavy atom. The Bertz CT molecular complexity index is 1410. The Morgan fingerprint density at radius 3 is 2.64 bits per heavy atom. The number of likely N-dealkylation sites (tertiary alicyclic amines) is 1. The minimum Gasteiger partial charge on any atom is -0.355 e. The second-order valence-corrected chi connectivity index (χ2v) is 12.0. The van der Waals surface area contributed by atoms with Crippen LogP contribution in [0, 0.1) is 0 Å². The van der Waals surface area contributed by atoms with E-state index >= 15 is 0 Å². The van der Waals surface area contributed by atoms with E-state index in [4.69, 9.17) is 20.7 Å². The molecule has 0 unspecified atom stereocenters. The third-order valence-corrected chi connectivity index (χ3v) is 7.86. The highest BCUT2D eigenvalue weighted by molar-refractivity contribution is 7.80. The van der Waals surface area contributed by atoms with Crippen molar-refractivity contribution in [2.75, 3.05) is 26.2 Å². The molecule has 3 aromatic heterocycles. The third kappa shape index (κ3) is 8.09. The van der Waals surface area contributed by atoms with Crippen molar-refractivity contribution in [2.24, 2.45) is 0 Å². The third-order valence-electron chi connectivity index (χ3n) is 6.15. The van der Waals surface area contributed by atoms with E-state index in [9.17, 15) is 18.0 Å². The zero-order valence-corrected chi connectivity index (χ0v) is 23.7. The average molecular weight is 601 g/mol. The van der Waals surface area contributed by atoms with Gasteiger partial charge in [-0.3, -0.25) is 18.8 Å². The number of thiophene rings is 1. The molecule has 212 valence electrons. The quantitative estimate of drug-likeness (QED) is 0.219. The monoisotopic (exact) mass is 600 g/mol. The molecule has 16 heteroatoms. The molecule has 0 aromatic carbocycles. The van der Waals surface area contributed by atoms with E-state index < -0.39 is 28.8 Å². The van der Waals surface area contributed by atoms with Gasteiger partial charge >= 0.3 is 10.4 Å². The smallest absolute Gasteiger partial charge is 0.355 e. The van der Waals surface area contributed by atoms with E-state index in [1.807, 2.05) is 0 Å². The summed E-state index contributed by atoms with van der Waals surface area (Å²) in [5.74, 6) is -0.540. The normalized spacial score (nSPS) is 15.1. The fraction of sp³-hybridized carbons (Fsp3) is 0.478. The zero-order chi connectivity index (χ0) is 28.2. The number of nitrogens with one attached hydrogen (secondary N) is 2. The number of hydrogen-bond donors (Lipinski definition) is 3. The summed E-state index contributed by atoms with van der Waals surface area (Å²) in [4.78, 5) is 29.1. The Labute approximate surface area is 234 Å². The molecular weight excluding hydrogens is 572 g/mol. The fourth-order valence-corrected chi connectivity index (χ4v) is 5.44. The van der Waals surface area contributed by atoms with E-state index in [1.165, 1.54) is 22.1 Å². The summed E-state index contributed by atoms with van der Waals surface area (Å²) in [6.45, 7) is 5.36. The predicted octanol–water partition coefficient (Wildman–Crippen LogP) is 2.45. The van der Waals surface area contributed by atoms with Crippen molar-refractivity contribution < 1.29 is 31.3 Å². The first-order chi connectivity index (χ1) is 18.5. The lowest BCUT2D eigenvalue weighted by Gasteiger charge is -2.34. The van der Waals surface area contributed by atoms with E-state index in [0.29, 0.717) is 21.8 Å². The van der Waals surface area contributed by atoms with Crippen LogP contribution in [0.4, 0.5) is 0 Å². The van der Waals surface area contributed by atoms with E-state index in [-0.39, 0.29) is 30.5 Å². The topological polar surface area (TPSA) is 169 Å². The first-order valence-electron chi connectivity index (χ1n) is 12.2. The van der Waals surface area contributed by atoms with Gasteiger partial charge in [-0.25, -0.2) is 4.18 Å². The van der Waals surface area contributed by atoms with Gasteiger partial charge in [0.05, 0.1) is 22.4 Å². The maximum absolute atomic E-state index is 13.0. The average Bonchev–Trinajstić information content (AvgIpc) is 3.62. The molecule has 13 nitrogen and oxygen atoms in total. The highest BCUT2D eigenvalue weighted by Crippen LogP contribution is 2.31. The highest BCUT2D eigenvalue weighted by atomic mass is 35.5. The second kappa shape index (κ2) is 12.6. The molecule has 0 saturated carbocycles. The van der Waals surface area contributed by atoms with Gasteiger partial charge in [0.2, 0.25) is 0 Å². The largest absolute Gasteiger partial charge is 0.397 e. The van der Waals surface area contributed by atoms with Crippen molar-refractivity contribution in [3.05, 3.63) is 45.7 Å². The molecule has 0 aliphatic carbocycles. The number of amides is 2. The molecular formula is C23H29ClN6O7S2. The Balaban J connectivity index is 1.48. The number of rotatable bonds is 11. The lowest BCUT2D eigenvalue weighted by molar-refractivity contribution is 0.0893. The molecule has 3 N–H and O–H groups in total. The van der Waals surface area contributed by atoms with E-state index in [2.05, 4.69) is 43.8 Å². The van der Waals surface area contributed by atoms with E-state index in [0.717, 1.165) is 30.8 Å². The first-order valence-corrected chi connectivity index (χ1v) is 14.8. The molecule has 4 rings (SSSR count). The van der Waals surface area contributed by atoms with Crippen LogP contribution in [0.25, 0.3) is 10.6 Å². The summed E-state index contributed by atoms with van der Waals surface area (Å²) in [5, 5.41) is 13.9. The lowest BCUT2D eigenvalue weighted by Crippen LogP contribution is -2.46. The molecule has 3 aromatic rings. The fourth-order valence-electron chi connectivity index (χ4n) is 4.16. The number of piperidine rings is 1. The number of halogens is 1. The molecule has 1 fully saturated rings. The molecule has 0 spiro atoms. The molecule has 1 aliphatic heterocycles. The van der Waals surface area contributed by atoms with Crippen LogP contribution < -0.4 is 10.6 Å². The SMILES string of the molecule is CC(C)N1CCC(NC(=O)c2cc(C(=O)NCCOS(=O)(=O)O)n(Cc3cc(-c4ccc(Cl)s4)on3)n2)CC1. The van der Waals surface area contributed by atoms with Crippen LogP contribution in [0.5, 0.6) is 0 Å². The lowest BCUT2D eigenvalue weighted by atomic mass is 10.0. The van der Waals surface area contributed by atoms with Crippen LogP contribution >= 0.6 is 22.9 Å². The van der Waals surface area contributed by atoms with Crippen molar-refractivity contribution in [3.63, 3.8) is 0 Å². The van der Waals surface area contributed by atoms with Crippen molar-refractivity contribution in [3.8, 4) is 10.6 Å². The number of nitrogens with zero attached hydrogens (tertiary/aromatic N) is 4. The second-order valence-electron chi connectivity index (χ2n) is 9.24. The number of aromatic nitrogens is 3. The molecule has 1 saturated heterocycles. The summed E-state index contributed by atoms with van der Waals surface area (Å²) >= 11 is 7.33. The minimum atomic E-state index is -4.64. The van der Waals surface area contributed by atoms with Gasteiger partial charge in [0.25, 0.3) is 11.8 Å². The zero-order valence-electron chi connectivity index (χ0n) is 21.3. The first kappa shape index (κ1) is 29.2. The van der Waals surface area contributed by atoms with Gasteiger partial charge in [0.1, 0.15) is 11.4 Å². The van der Waals surface area contributed by atoms with Gasteiger partial charge in [-0.2, -0.15) is 13.5 Å². The van der Waals surface area contributed by atoms with Crippen LogP contribution in [0.1, 0.15) is 53.4 Å².